The van der Waals surface area contributed by atoms with E-state index in [0.29, 0.717) is 6.54 Å². The summed E-state index contributed by atoms with van der Waals surface area (Å²) in [6.45, 7) is 4.37. The van der Waals surface area contributed by atoms with Crippen molar-refractivity contribution >= 4 is 11.7 Å². The molecule has 0 bridgehead atoms. The molecule has 0 saturated carbocycles. The lowest BCUT2D eigenvalue weighted by Crippen LogP contribution is -2.45. The number of amides is 1. The van der Waals surface area contributed by atoms with Crippen LogP contribution in [0.2, 0.25) is 0 Å². The molecule has 0 aromatic carbocycles. The normalized spacial score (nSPS) is 14.9. The minimum atomic E-state index is -0.514. The quantitative estimate of drug-likeness (QED) is 0.701. The maximum atomic E-state index is 12.2. The van der Waals surface area contributed by atoms with Crippen LogP contribution in [0.15, 0.2) is 40.2 Å². The predicted molar refractivity (Wildman–Crippen MR) is 102 cm³/mol. The van der Waals surface area contributed by atoms with E-state index in [1.807, 2.05) is 12.1 Å². The summed E-state index contributed by atoms with van der Waals surface area (Å²) in [5.41, 5.74) is 0.00485. The van der Waals surface area contributed by atoms with Crippen molar-refractivity contribution in [3.05, 3.63) is 57.0 Å². The maximum Gasteiger partial charge on any atom is 0.328 e. The minimum Gasteiger partial charge on any atom is -0.354 e. The fourth-order valence-electron chi connectivity index (χ4n) is 3.00. The van der Waals surface area contributed by atoms with Gasteiger partial charge in [-0.1, -0.05) is 6.07 Å². The van der Waals surface area contributed by atoms with Gasteiger partial charge in [-0.05, 0) is 13.1 Å². The second kappa shape index (κ2) is 8.63. The maximum absolute atomic E-state index is 12.2. The van der Waals surface area contributed by atoms with Gasteiger partial charge in [-0.3, -0.25) is 14.6 Å². The average Bonchev–Trinajstić information content (AvgIpc) is 2.66. The number of H-pyrrole nitrogens is 1. The van der Waals surface area contributed by atoms with Gasteiger partial charge >= 0.3 is 5.69 Å². The van der Waals surface area contributed by atoms with Crippen LogP contribution in [0.4, 0.5) is 5.82 Å². The Morgan fingerprint density at radius 2 is 2.00 bits per heavy atom. The van der Waals surface area contributed by atoms with Crippen LogP contribution < -0.4 is 21.5 Å². The van der Waals surface area contributed by atoms with Gasteiger partial charge in [-0.2, -0.15) is 0 Å². The molecule has 2 aromatic heterocycles. The number of aromatic amines is 1. The van der Waals surface area contributed by atoms with Crippen molar-refractivity contribution in [1.82, 2.24) is 24.8 Å². The van der Waals surface area contributed by atoms with Gasteiger partial charge in [0, 0.05) is 69.7 Å². The molecule has 1 aliphatic rings. The van der Waals surface area contributed by atoms with Gasteiger partial charge in [0.2, 0.25) is 5.91 Å². The van der Waals surface area contributed by atoms with E-state index >= 15 is 0 Å². The molecule has 1 aliphatic heterocycles. The fraction of sp³-hybridized carbons (Fsp3) is 0.444. The van der Waals surface area contributed by atoms with Crippen LogP contribution in [-0.2, 0) is 17.9 Å². The van der Waals surface area contributed by atoms with Gasteiger partial charge in [0.05, 0.1) is 0 Å². The molecule has 3 rings (SSSR count). The molecule has 1 saturated heterocycles. The van der Waals surface area contributed by atoms with Crippen LogP contribution in [0.3, 0.4) is 0 Å². The number of carbonyl (C=O) groups is 1. The molecule has 0 unspecified atom stereocenters. The number of rotatable bonds is 6. The molecule has 3 heterocycles. The van der Waals surface area contributed by atoms with E-state index < -0.39 is 11.2 Å². The molecule has 9 heteroatoms. The van der Waals surface area contributed by atoms with E-state index in [2.05, 4.69) is 32.1 Å². The Bertz CT molecular complexity index is 898. The van der Waals surface area contributed by atoms with Gasteiger partial charge in [-0.25, -0.2) is 9.78 Å². The smallest absolute Gasteiger partial charge is 0.328 e. The van der Waals surface area contributed by atoms with Crippen LogP contribution in [-0.4, -0.2) is 58.6 Å². The lowest BCUT2D eigenvalue weighted by molar-refractivity contribution is -0.121. The van der Waals surface area contributed by atoms with E-state index in [9.17, 15) is 14.4 Å². The highest BCUT2D eigenvalue weighted by Gasteiger charge is 2.18. The van der Waals surface area contributed by atoms with Crippen molar-refractivity contribution in [3.8, 4) is 0 Å². The number of hydrogen-bond donors (Lipinski definition) is 2. The summed E-state index contributed by atoms with van der Waals surface area (Å²) in [6, 6.07) is 5.09. The monoisotopic (exact) mass is 372 g/mol. The molecule has 2 aromatic rings. The van der Waals surface area contributed by atoms with Crippen molar-refractivity contribution in [1.29, 1.82) is 0 Å². The van der Waals surface area contributed by atoms with Gasteiger partial charge in [0.1, 0.15) is 5.82 Å². The van der Waals surface area contributed by atoms with Crippen molar-refractivity contribution in [2.75, 3.05) is 38.1 Å². The molecular weight excluding hydrogens is 348 g/mol. The Labute approximate surface area is 156 Å². The average molecular weight is 372 g/mol. The number of nitrogens with zero attached hydrogens (tertiary/aromatic N) is 4. The zero-order valence-corrected chi connectivity index (χ0v) is 15.4. The van der Waals surface area contributed by atoms with Crippen LogP contribution in [0.1, 0.15) is 12.0 Å². The zero-order valence-electron chi connectivity index (χ0n) is 15.4. The van der Waals surface area contributed by atoms with Crippen molar-refractivity contribution in [2.45, 2.75) is 19.5 Å². The molecule has 0 atom stereocenters. The number of likely N-dealkylation sites (N-methyl/N-ethyl adjacent to an activating group) is 1. The Hall–Kier alpha value is -2.94. The predicted octanol–water partition coefficient (Wildman–Crippen LogP) is -0.610. The molecule has 27 heavy (non-hydrogen) atoms. The van der Waals surface area contributed by atoms with Gasteiger partial charge in [0.25, 0.3) is 5.56 Å². The highest BCUT2D eigenvalue weighted by molar-refractivity contribution is 5.76. The van der Waals surface area contributed by atoms with Crippen molar-refractivity contribution in [2.24, 2.45) is 0 Å². The van der Waals surface area contributed by atoms with Gasteiger partial charge < -0.3 is 19.7 Å². The summed E-state index contributed by atoms with van der Waals surface area (Å²) in [5, 5.41) is 2.88. The minimum absolute atomic E-state index is 0.149. The molecule has 0 radical (unpaired) electrons. The number of aromatic nitrogens is 3. The third-order valence-corrected chi connectivity index (χ3v) is 4.62. The lowest BCUT2D eigenvalue weighted by atomic mass is 10.2. The third kappa shape index (κ3) is 5.04. The molecule has 144 valence electrons. The van der Waals surface area contributed by atoms with Crippen LogP contribution in [0, 0.1) is 0 Å². The number of carbonyl (C=O) groups excluding carboxylic acids is 1. The first-order valence-corrected chi connectivity index (χ1v) is 8.97. The number of pyridine rings is 1. The van der Waals surface area contributed by atoms with E-state index in [-0.39, 0.29) is 18.9 Å². The zero-order chi connectivity index (χ0) is 19.2. The summed E-state index contributed by atoms with van der Waals surface area (Å²) >= 11 is 0. The first-order chi connectivity index (χ1) is 13.0. The largest absolute Gasteiger partial charge is 0.354 e. The lowest BCUT2D eigenvalue weighted by Gasteiger charge is -2.34. The number of piperazine rings is 1. The standard InChI is InChI=1S/C18H24N6O3/c1-22-9-11-23(12-10-22)17-14(3-2-6-19-17)13-20-15(25)4-7-24-8-5-16(26)21-18(24)27/h2-3,5-6,8H,4,7,9-13H2,1H3,(H,20,25)(H,21,26,27). The number of anilines is 1. The number of hydrogen-bond acceptors (Lipinski definition) is 6. The summed E-state index contributed by atoms with van der Waals surface area (Å²) in [7, 11) is 2.10. The molecular formula is C18H24N6O3. The number of aryl methyl sites for hydroxylation is 1. The summed E-state index contributed by atoms with van der Waals surface area (Å²) in [4.78, 5) is 46.0. The Kier molecular flexibility index (Phi) is 6.02. The molecule has 9 nitrogen and oxygen atoms in total. The Morgan fingerprint density at radius 3 is 2.74 bits per heavy atom. The summed E-state index contributed by atoms with van der Waals surface area (Å²) in [6.07, 6.45) is 3.30. The molecule has 0 spiro atoms. The van der Waals surface area contributed by atoms with E-state index in [4.69, 9.17) is 0 Å². The van der Waals surface area contributed by atoms with Gasteiger partial charge in [-0.15, -0.1) is 0 Å². The van der Waals surface area contributed by atoms with E-state index in [1.54, 1.807) is 6.20 Å². The molecule has 0 aliphatic carbocycles. The van der Waals surface area contributed by atoms with Gasteiger partial charge in [0.15, 0.2) is 0 Å². The highest BCUT2D eigenvalue weighted by atomic mass is 16.2. The number of nitrogens with one attached hydrogen (secondary N) is 2. The van der Waals surface area contributed by atoms with E-state index in [0.717, 1.165) is 37.6 Å². The Morgan fingerprint density at radius 1 is 1.22 bits per heavy atom. The van der Waals surface area contributed by atoms with Crippen LogP contribution in [0.5, 0.6) is 0 Å². The first kappa shape index (κ1) is 18.8. The van der Waals surface area contributed by atoms with Crippen LogP contribution >= 0.6 is 0 Å². The molecule has 1 fully saturated rings. The SMILES string of the molecule is CN1CCN(c2ncccc2CNC(=O)CCn2ccc(=O)[nH]c2=O)CC1. The van der Waals surface area contributed by atoms with E-state index in [1.165, 1.54) is 16.8 Å². The fourth-order valence-corrected chi connectivity index (χ4v) is 3.00. The summed E-state index contributed by atoms with van der Waals surface area (Å²) in [5.74, 6) is 0.740. The highest BCUT2D eigenvalue weighted by Crippen LogP contribution is 2.18. The molecule has 1 amide bonds. The van der Waals surface area contributed by atoms with Crippen molar-refractivity contribution < 1.29 is 4.79 Å². The second-order valence-corrected chi connectivity index (χ2v) is 6.61. The molecule has 2 N–H and O–H groups in total. The van der Waals surface area contributed by atoms with Crippen LogP contribution in [0.25, 0.3) is 0 Å². The first-order valence-electron chi connectivity index (χ1n) is 8.97. The third-order valence-electron chi connectivity index (χ3n) is 4.62. The second-order valence-electron chi connectivity index (χ2n) is 6.61. The van der Waals surface area contributed by atoms with Crippen molar-refractivity contribution in [3.63, 3.8) is 0 Å². The Balaban J connectivity index is 1.56. The topological polar surface area (TPSA) is 103 Å². The summed E-state index contributed by atoms with van der Waals surface area (Å²) < 4.78 is 1.31.